The highest BCUT2D eigenvalue weighted by Crippen LogP contribution is 2.41. The van der Waals surface area contributed by atoms with E-state index >= 15 is 0 Å². The molecule has 1 rings (SSSR count). The standard InChI is InChI=1S/C11H10F7NO3S/c12-6-1-3-7(4-2-6)23(21,22)19-8(5-20)9(10(13,14)15)11(16,17)18/h1-4,8-9,19-20H,5H2. The maximum absolute atomic E-state index is 12.7. The molecular weight excluding hydrogens is 359 g/mol. The molecule has 1 aromatic carbocycles. The van der Waals surface area contributed by atoms with Crippen LogP contribution < -0.4 is 4.72 Å². The van der Waals surface area contributed by atoms with Gasteiger partial charge in [-0.25, -0.2) is 17.5 Å². The summed E-state index contributed by atoms with van der Waals surface area (Å²) in [4.78, 5) is -0.750. The number of nitrogens with one attached hydrogen (secondary N) is 1. The van der Waals surface area contributed by atoms with E-state index in [4.69, 9.17) is 5.11 Å². The van der Waals surface area contributed by atoms with Gasteiger partial charge in [-0.2, -0.15) is 26.3 Å². The van der Waals surface area contributed by atoms with Crippen LogP contribution in [0.25, 0.3) is 0 Å². The molecular formula is C11H10F7NO3S. The molecule has 0 spiro atoms. The zero-order valence-corrected chi connectivity index (χ0v) is 11.8. The first-order valence-electron chi connectivity index (χ1n) is 5.81. The summed E-state index contributed by atoms with van der Waals surface area (Å²) < 4.78 is 113. The van der Waals surface area contributed by atoms with Crippen LogP contribution in [-0.2, 0) is 10.0 Å². The third kappa shape index (κ3) is 5.04. The lowest BCUT2D eigenvalue weighted by Crippen LogP contribution is -2.54. The number of aliphatic hydroxyl groups is 1. The number of alkyl halides is 6. The van der Waals surface area contributed by atoms with Crippen LogP contribution in [0.1, 0.15) is 0 Å². The van der Waals surface area contributed by atoms with Crippen LogP contribution in [0, 0.1) is 11.7 Å². The number of halogens is 7. The molecule has 0 bridgehead atoms. The Morgan fingerprint density at radius 1 is 1.00 bits per heavy atom. The predicted octanol–water partition coefficient (Wildman–Crippen LogP) is 2.21. The lowest BCUT2D eigenvalue weighted by Gasteiger charge is -2.29. The summed E-state index contributed by atoms with van der Waals surface area (Å²) >= 11 is 0. The van der Waals surface area contributed by atoms with Gasteiger partial charge in [-0.1, -0.05) is 0 Å². The van der Waals surface area contributed by atoms with Crippen molar-refractivity contribution >= 4 is 10.0 Å². The number of aliphatic hydroxyl groups excluding tert-OH is 1. The number of hydrogen-bond donors (Lipinski definition) is 2. The van der Waals surface area contributed by atoms with Gasteiger partial charge in [0.25, 0.3) is 0 Å². The summed E-state index contributed by atoms with van der Waals surface area (Å²) in [5.74, 6) is -4.96. The molecule has 12 heteroatoms. The van der Waals surface area contributed by atoms with Crippen LogP contribution >= 0.6 is 0 Å². The molecule has 0 saturated heterocycles. The highest BCUT2D eigenvalue weighted by atomic mass is 32.2. The highest BCUT2D eigenvalue weighted by Gasteiger charge is 2.60. The molecule has 1 unspecified atom stereocenters. The van der Waals surface area contributed by atoms with Crippen molar-refractivity contribution in [1.82, 2.24) is 4.72 Å². The van der Waals surface area contributed by atoms with E-state index in [0.717, 1.165) is 4.72 Å². The summed E-state index contributed by atoms with van der Waals surface area (Å²) in [6.45, 7) is -1.75. The molecule has 0 radical (unpaired) electrons. The Morgan fingerprint density at radius 2 is 1.43 bits per heavy atom. The monoisotopic (exact) mass is 369 g/mol. The summed E-state index contributed by atoms with van der Waals surface area (Å²) in [6.07, 6.45) is -11.7. The lowest BCUT2D eigenvalue weighted by molar-refractivity contribution is -0.292. The molecule has 0 heterocycles. The van der Waals surface area contributed by atoms with Gasteiger partial charge in [0.1, 0.15) is 5.82 Å². The third-order valence-corrected chi connectivity index (χ3v) is 4.24. The second kappa shape index (κ2) is 6.61. The van der Waals surface area contributed by atoms with Gasteiger partial charge in [0.2, 0.25) is 10.0 Å². The van der Waals surface area contributed by atoms with E-state index in [1.54, 1.807) is 0 Å². The smallest absolute Gasteiger partial charge is 0.395 e. The Labute approximate surface area is 126 Å². The fourth-order valence-corrected chi connectivity index (χ4v) is 2.97. The van der Waals surface area contributed by atoms with Gasteiger partial charge in [0.15, 0.2) is 5.92 Å². The summed E-state index contributed by atoms with van der Waals surface area (Å²) in [6, 6.07) is -0.254. The molecule has 0 amide bonds. The first kappa shape index (κ1) is 19.6. The zero-order chi connectivity index (χ0) is 18.1. The minimum atomic E-state index is -5.84. The molecule has 132 valence electrons. The Balaban J connectivity index is 3.17. The number of benzene rings is 1. The van der Waals surface area contributed by atoms with Gasteiger partial charge >= 0.3 is 12.4 Å². The van der Waals surface area contributed by atoms with Gasteiger partial charge in [0, 0.05) is 0 Å². The maximum Gasteiger partial charge on any atom is 0.402 e. The average Bonchev–Trinajstić information content (AvgIpc) is 2.34. The Morgan fingerprint density at radius 3 is 1.78 bits per heavy atom. The predicted molar refractivity (Wildman–Crippen MR) is 63.2 cm³/mol. The zero-order valence-electron chi connectivity index (χ0n) is 11.0. The fraction of sp³-hybridized carbons (Fsp3) is 0.455. The number of hydrogen-bond acceptors (Lipinski definition) is 3. The van der Waals surface area contributed by atoms with Crippen molar-refractivity contribution in [2.75, 3.05) is 6.61 Å². The van der Waals surface area contributed by atoms with Gasteiger partial charge in [-0.3, -0.25) is 0 Å². The van der Waals surface area contributed by atoms with Crippen molar-refractivity contribution in [1.29, 1.82) is 0 Å². The molecule has 0 aliphatic rings. The largest absolute Gasteiger partial charge is 0.402 e. The SMILES string of the molecule is O=S(=O)(NC(CO)C(C(F)(F)F)C(F)(F)F)c1ccc(F)cc1. The summed E-state index contributed by atoms with van der Waals surface area (Å²) in [5.41, 5.74) is 0. The van der Waals surface area contributed by atoms with E-state index in [2.05, 4.69) is 0 Å². The van der Waals surface area contributed by atoms with Crippen molar-refractivity contribution in [3.63, 3.8) is 0 Å². The molecule has 0 aromatic heterocycles. The van der Waals surface area contributed by atoms with E-state index in [1.807, 2.05) is 0 Å². The van der Waals surface area contributed by atoms with Gasteiger partial charge in [0.05, 0.1) is 17.5 Å². The molecule has 1 aromatic rings. The molecule has 0 fully saturated rings. The van der Waals surface area contributed by atoms with Crippen LogP contribution in [0.15, 0.2) is 29.2 Å². The molecule has 0 saturated carbocycles. The average molecular weight is 369 g/mol. The second-order valence-corrected chi connectivity index (χ2v) is 6.14. The van der Waals surface area contributed by atoms with E-state index < -0.39 is 51.7 Å². The van der Waals surface area contributed by atoms with Crippen molar-refractivity contribution in [2.45, 2.75) is 23.3 Å². The Kier molecular flexibility index (Phi) is 5.65. The van der Waals surface area contributed by atoms with Gasteiger partial charge in [-0.15, -0.1) is 0 Å². The normalized spacial score (nSPS) is 15.0. The summed E-state index contributed by atoms with van der Waals surface area (Å²) in [5, 5.41) is 8.79. The van der Waals surface area contributed by atoms with Crippen LogP contribution in [0.3, 0.4) is 0 Å². The van der Waals surface area contributed by atoms with E-state index in [0.29, 0.717) is 24.3 Å². The molecule has 0 aliphatic heterocycles. The van der Waals surface area contributed by atoms with E-state index in [9.17, 15) is 39.2 Å². The quantitative estimate of drug-likeness (QED) is 0.783. The van der Waals surface area contributed by atoms with Crippen molar-refractivity contribution in [2.24, 2.45) is 5.92 Å². The lowest BCUT2D eigenvalue weighted by atomic mass is 10.00. The summed E-state index contributed by atoms with van der Waals surface area (Å²) in [7, 11) is -4.83. The van der Waals surface area contributed by atoms with Crippen molar-refractivity contribution in [3.8, 4) is 0 Å². The highest BCUT2D eigenvalue weighted by molar-refractivity contribution is 7.89. The molecule has 23 heavy (non-hydrogen) atoms. The van der Waals surface area contributed by atoms with Crippen LogP contribution in [0.4, 0.5) is 30.7 Å². The van der Waals surface area contributed by atoms with E-state index in [-0.39, 0.29) is 0 Å². The van der Waals surface area contributed by atoms with Gasteiger partial charge < -0.3 is 5.11 Å². The first-order chi connectivity index (χ1) is 10.3. The topological polar surface area (TPSA) is 66.4 Å². The Hall–Kier alpha value is -1.40. The Bertz CT molecular complexity index is 611. The maximum atomic E-state index is 12.7. The molecule has 1 atom stereocenters. The van der Waals surface area contributed by atoms with E-state index in [1.165, 1.54) is 0 Å². The molecule has 0 aliphatic carbocycles. The first-order valence-corrected chi connectivity index (χ1v) is 7.29. The number of sulfonamides is 1. The van der Waals surface area contributed by atoms with Crippen molar-refractivity contribution in [3.05, 3.63) is 30.1 Å². The van der Waals surface area contributed by atoms with Crippen LogP contribution in [0.2, 0.25) is 0 Å². The second-order valence-electron chi connectivity index (χ2n) is 4.43. The fourth-order valence-electron chi connectivity index (χ4n) is 1.73. The minimum absolute atomic E-state index is 0.655. The molecule has 2 N–H and O–H groups in total. The van der Waals surface area contributed by atoms with Crippen LogP contribution in [-0.4, -0.2) is 38.5 Å². The number of rotatable bonds is 5. The van der Waals surface area contributed by atoms with Gasteiger partial charge in [-0.05, 0) is 24.3 Å². The minimum Gasteiger partial charge on any atom is -0.395 e. The third-order valence-electron chi connectivity index (χ3n) is 2.73. The van der Waals surface area contributed by atoms with Crippen LogP contribution in [0.5, 0.6) is 0 Å². The van der Waals surface area contributed by atoms with Crippen molar-refractivity contribution < 1.29 is 44.3 Å². The molecule has 4 nitrogen and oxygen atoms in total.